The molecule has 1 atom stereocenters. The number of benzene rings is 1. The minimum absolute atomic E-state index is 0.150. The number of nitrogens with zero attached hydrogens (tertiary/aromatic N) is 2. The molecular formula is C10H10N2O4S. The highest BCUT2D eigenvalue weighted by atomic mass is 32.2. The van der Waals surface area contributed by atoms with Crippen LogP contribution >= 0.6 is 0 Å². The van der Waals surface area contributed by atoms with Gasteiger partial charge in [0.05, 0.1) is 11.0 Å². The first-order chi connectivity index (χ1) is 7.72. The minimum Gasteiger partial charge on any atom is -0.258 e. The summed E-state index contributed by atoms with van der Waals surface area (Å²) in [4.78, 5) is 9.86. The molecular weight excluding hydrogens is 244 g/mol. The number of nitro groups is 1. The summed E-state index contributed by atoms with van der Waals surface area (Å²) in [5.74, 6) is 0. The zero-order valence-electron chi connectivity index (χ0n) is 9.25. The quantitative estimate of drug-likeness (QED) is 0.599. The first kappa shape index (κ1) is 13.1. The molecule has 0 radical (unpaired) electrons. The molecule has 0 amide bonds. The zero-order valence-corrected chi connectivity index (χ0v) is 10.1. The van der Waals surface area contributed by atoms with E-state index < -0.39 is 19.5 Å². The van der Waals surface area contributed by atoms with E-state index in [9.17, 15) is 18.5 Å². The van der Waals surface area contributed by atoms with Crippen LogP contribution in [0.1, 0.15) is 12.5 Å². The summed E-state index contributed by atoms with van der Waals surface area (Å²) in [7, 11) is -3.63. The molecule has 0 aliphatic carbocycles. The molecule has 0 spiro atoms. The van der Waals surface area contributed by atoms with Gasteiger partial charge in [0.25, 0.3) is 5.69 Å². The van der Waals surface area contributed by atoms with Crippen LogP contribution in [0, 0.1) is 21.4 Å². The topological polar surface area (TPSA) is 101 Å². The van der Waals surface area contributed by atoms with Crippen LogP contribution in [0.5, 0.6) is 0 Å². The predicted octanol–water partition coefficient (Wildman–Crippen LogP) is 1.38. The summed E-state index contributed by atoms with van der Waals surface area (Å²) < 4.78 is 21.4. The van der Waals surface area contributed by atoms with Crippen LogP contribution in [-0.2, 0) is 14.6 Å². The second-order valence-corrected chi connectivity index (χ2v) is 6.08. The van der Waals surface area contributed by atoms with Crippen LogP contribution in [0.2, 0.25) is 0 Å². The maximum Gasteiger partial charge on any atom is 0.269 e. The van der Waals surface area contributed by atoms with E-state index in [0.717, 1.165) is 6.26 Å². The summed E-state index contributed by atoms with van der Waals surface area (Å²) in [5.41, 5.74) is 0.0654. The molecule has 0 N–H and O–H groups in total. The molecule has 1 rings (SSSR count). The standard InChI is InChI=1S/C10H10N2O4S/c1-10(7-11,17(2,15)16)8-3-5-9(6-4-8)12(13)14/h3-6H,1-2H3. The van der Waals surface area contributed by atoms with E-state index in [4.69, 9.17) is 5.26 Å². The van der Waals surface area contributed by atoms with E-state index in [0.29, 0.717) is 0 Å². The van der Waals surface area contributed by atoms with Gasteiger partial charge < -0.3 is 0 Å². The third-order valence-corrected chi connectivity index (χ3v) is 4.39. The van der Waals surface area contributed by atoms with Gasteiger partial charge in [-0.2, -0.15) is 5.26 Å². The van der Waals surface area contributed by atoms with Crippen molar-refractivity contribution in [2.75, 3.05) is 6.26 Å². The summed E-state index contributed by atoms with van der Waals surface area (Å²) in [6, 6.07) is 6.64. The van der Waals surface area contributed by atoms with E-state index in [1.807, 2.05) is 0 Å². The van der Waals surface area contributed by atoms with Crippen LogP contribution in [-0.4, -0.2) is 19.6 Å². The molecule has 1 aromatic carbocycles. The Bertz CT molecular complexity index is 586. The van der Waals surface area contributed by atoms with Crippen LogP contribution in [0.4, 0.5) is 5.69 Å². The molecule has 17 heavy (non-hydrogen) atoms. The number of rotatable bonds is 3. The SMILES string of the molecule is CC(C#N)(c1ccc([N+](=O)[O-])cc1)S(C)(=O)=O. The first-order valence-corrected chi connectivity index (χ1v) is 6.47. The fourth-order valence-electron chi connectivity index (χ4n) is 1.26. The highest BCUT2D eigenvalue weighted by molar-refractivity contribution is 7.91. The van der Waals surface area contributed by atoms with Crippen molar-refractivity contribution in [1.82, 2.24) is 0 Å². The Hall–Kier alpha value is -1.94. The smallest absolute Gasteiger partial charge is 0.258 e. The molecule has 7 heteroatoms. The van der Waals surface area contributed by atoms with Crippen LogP contribution in [0.3, 0.4) is 0 Å². The number of hydrogen-bond donors (Lipinski definition) is 0. The molecule has 0 fully saturated rings. The highest BCUT2D eigenvalue weighted by Gasteiger charge is 2.38. The van der Waals surface area contributed by atoms with Gasteiger partial charge >= 0.3 is 0 Å². The second kappa shape index (κ2) is 4.14. The Kier molecular flexibility index (Phi) is 3.20. The van der Waals surface area contributed by atoms with Gasteiger partial charge in [-0.05, 0) is 24.6 Å². The van der Waals surface area contributed by atoms with Crippen molar-refractivity contribution in [3.05, 3.63) is 39.9 Å². The Morgan fingerprint density at radius 2 is 1.82 bits per heavy atom. The first-order valence-electron chi connectivity index (χ1n) is 4.58. The second-order valence-electron chi connectivity index (χ2n) is 3.72. The maximum atomic E-state index is 11.5. The number of sulfone groups is 1. The van der Waals surface area contributed by atoms with Gasteiger partial charge in [0.2, 0.25) is 0 Å². The fraction of sp³-hybridized carbons (Fsp3) is 0.300. The van der Waals surface area contributed by atoms with Crippen molar-refractivity contribution in [3.8, 4) is 6.07 Å². The van der Waals surface area contributed by atoms with Gasteiger partial charge in [0, 0.05) is 18.4 Å². The molecule has 1 unspecified atom stereocenters. The van der Waals surface area contributed by atoms with Crippen molar-refractivity contribution in [1.29, 1.82) is 5.26 Å². The van der Waals surface area contributed by atoms with E-state index in [1.165, 1.54) is 31.2 Å². The lowest BCUT2D eigenvalue weighted by molar-refractivity contribution is -0.384. The van der Waals surface area contributed by atoms with E-state index >= 15 is 0 Å². The van der Waals surface area contributed by atoms with Crippen molar-refractivity contribution < 1.29 is 13.3 Å². The van der Waals surface area contributed by atoms with Crippen molar-refractivity contribution in [2.45, 2.75) is 11.7 Å². The molecule has 0 saturated carbocycles. The summed E-state index contributed by atoms with van der Waals surface area (Å²) in [6.45, 7) is 1.27. The molecule has 0 heterocycles. The van der Waals surface area contributed by atoms with Crippen molar-refractivity contribution in [3.63, 3.8) is 0 Å². The van der Waals surface area contributed by atoms with Crippen molar-refractivity contribution >= 4 is 15.5 Å². The average molecular weight is 254 g/mol. The molecule has 6 nitrogen and oxygen atoms in total. The summed E-state index contributed by atoms with van der Waals surface area (Å²) >= 11 is 0. The lowest BCUT2D eigenvalue weighted by Gasteiger charge is -2.19. The van der Waals surface area contributed by atoms with Gasteiger partial charge in [0.15, 0.2) is 14.6 Å². The number of hydrogen-bond acceptors (Lipinski definition) is 5. The largest absolute Gasteiger partial charge is 0.269 e. The van der Waals surface area contributed by atoms with Crippen LogP contribution in [0.25, 0.3) is 0 Å². The summed E-state index contributed by atoms with van der Waals surface area (Å²) in [5, 5.41) is 19.4. The third-order valence-electron chi connectivity index (χ3n) is 2.58. The van der Waals surface area contributed by atoms with E-state index in [-0.39, 0.29) is 11.3 Å². The maximum absolute atomic E-state index is 11.5. The van der Waals surface area contributed by atoms with Crippen LogP contribution in [0.15, 0.2) is 24.3 Å². The van der Waals surface area contributed by atoms with E-state index in [1.54, 1.807) is 6.07 Å². The Balaban J connectivity index is 3.35. The fourth-order valence-corrected chi connectivity index (χ4v) is 1.99. The number of nitro benzene ring substituents is 1. The molecule has 0 bridgehead atoms. The molecule has 90 valence electrons. The van der Waals surface area contributed by atoms with Crippen molar-refractivity contribution in [2.24, 2.45) is 0 Å². The predicted molar refractivity (Wildman–Crippen MR) is 60.9 cm³/mol. The minimum atomic E-state index is -3.63. The molecule has 0 aliphatic rings. The summed E-state index contributed by atoms with van der Waals surface area (Å²) in [6.07, 6.45) is 0.956. The van der Waals surface area contributed by atoms with E-state index in [2.05, 4.69) is 0 Å². The average Bonchev–Trinajstić information content (AvgIpc) is 2.26. The monoisotopic (exact) mass is 254 g/mol. The number of nitriles is 1. The van der Waals surface area contributed by atoms with Gasteiger partial charge in [-0.1, -0.05) is 0 Å². The van der Waals surface area contributed by atoms with Gasteiger partial charge in [-0.3, -0.25) is 10.1 Å². The van der Waals surface area contributed by atoms with Gasteiger partial charge in [-0.25, -0.2) is 8.42 Å². The highest BCUT2D eigenvalue weighted by Crippen LogP contribution is 2.29. The lowest BCUT2D eigenvalue weighted by Crippen LogP contribution is -2.29. The molecule has 0 saturated heterocycles. The number of non-ortho nitro benzene ring substituents is 1. The Labute approximate surface area is 98.6 Å². The van der Waals surface area contributed by atoms with Crippen LogP contribution < -0.4 is 0 Å². The third kappa shape index (κ3) is 2.26. The molecule has 0 aliphatic heterocycles. The normalized spacial score (nSPS) is 14.6. The van der Waals surface area contributed by atoms with Gasteiger partial charge in [-0.15, -0.1) is 0 Å². The lowest BCUT2D eigenvalue weighted by atomic mass is 10.0. The zero-order chi connectivity index (χ0) is 13.3. The molecule has 0 aromatic heterocycles. The Morgan fingerprint density at radius 3 is 2.12 bits per heavy atom. The van der Waals surface area contributed by atoms with Gasteiger partial charge in [0.1, 0.15) is 0 Å². The Morgan fingerprint density at radius 1 is 1.35 bits per heavy atom. The molecule has 1 aromatic rings.